The van der Waals surface area contributed by atoms with Crippen LogP contribution in [0.15, 0.2) is 33.9 Å². The van der Waals surface area contributed by atoms with Gasteiger partial charge in [0.1, 0.15) is 12.6 Å². The first-order chi connectivity index (χ1) is 18.6. The molecule has 0 saturated heterocycles. The molecular weight excluding hydrogens is 516 g/mol. The topological polar surface area (TPSA) is 126 Å². The van der Waals surface area contributed by atoms with Crippen LogP contribution in [0, 0.1) is 0 Å². The van der Waals surface area contributed by atoms with Crippen molar-refractivity contribution in [3.63, 3.8) is 0 Å². The van der Waals surface area contributed by atoms with E-state index in [9.17, 15) is 19.2 Å². The lowest BCUT2D eigenvalue weighted by Crippen LogP contribution is -2.33. The number of allylic oxidation sites excluding steroid dienone is 3. The summed E-state index contributed by atoms with van der Waals surface area (Å²) in [6.07, 6.45) is 11.6. The van der Waals surface area contributed by atoms with E-state index < -0.39 is 12.1 Å². The van der Waals surface area contributed by atoms with Crippen molar-refractivity contribution < 1.29 is 23.9 Å². The van der Waals surface area contributed by atoms with Gasteiger partial charge in [-0.25, -0.2) is 0 Å². The number of carbonyl (C=O) groups is 4. The highest BCUT2D eigenvalue weighted by molar-refractivity contribution is 8.13. The quantitative estimate of drug-likeness (QED) is 0.0668. The highest BCUT2D eigenvalue weighted by Crippen LogP contribution is 2.13. The zero-order valence-corrected chi connectivity index (χ0v) is 25.4. The minimum atomic E-state index is -0.797. The first-order valence-corrected chi connectivity index (χ1v) is 14.8. The summed E-state index contributed by atoms with van der Waals surface area (Å²) in [5, 5.41) is 5.25. The van der Waals surface area contributed by atoms with Crippen LogP contribution in [-0.2, 0) is 23.9 Å². The Kier molecular flexibility index (Phi) is 21.5. The number of aliphatic imine (C=N–C) groups is 2. The van der Waals surface area contributed by atoms with Gasteiger partial charge in [0.2, 0.25) is 12.3 Å². The fourth-order valence-corrected chi connectivity index (χ4v) is 4.22. The predicted octanol–water partition coefficient (Wildman–Crippen LogP) is 4.95. The number of thioether (sulfide) groups is 1. The molecule has 0 aromatic heterocycles. The van der Waals surface area contributed by atoms with E-state index >= 15 is 0 Å². The molecule has 0 heterocycles. The van der Waals surface area contributed by atoms with Gasteiger partial charge in [0, 0.05) is 23.9 Å². The molecule has 0 aliphatic rings. The third kappa shape index (κ3) is 20.8. The summed E-state index contributed by atoms with van der Waals surface area (Å²) in [4.78, 5) is 56.2. The van der Waals surface area contributed by atoms with E-state index in [1.54, 1.807) is 6.08 Å². The van der Waals surface area contributed by atoms with Crippen molar-refractivity contribution >= 4 is 46.6 Å². The molecule has 0 saturated carbocycles. The summed E-state index contributed by atoms with van der Waals surface area (Å²) in [6, 6.07) is 0.156. The zero-order chi connectivity index (χ0) is 29.5. The molecule has 0 aromatic carbocycles. The maximum Gasteiger partial charge on any atom is 0.326 e. The Bertz CT molecular complexity index is 881. The van der Waals surface area contributed by atoms with E-state index in [4.69, 9.17) is 4.74 Å². The third-order valence-corrected chi connectivity index (χ3v) is 6.30. The highest BCUT2D eigenvalue weighted by Gasteiger charge is 2.16. The van der Waals surface area contributed by atoms with E-state index in [0.717, 1.165) is 24.3 Å². The summed E-state index contributed by atoms with van der Waals surface area (Å²) in [5.41, 5.74) is 2.29. The summed E-state index contributed by atoms with van der Waals surface area (Å²) in [7, 11) is 0. The molecule has 2 N–H and O–H groups in total. The third-order valence-electron chi connectivity index (χ3n) is 5.33. The number of unbranched alkanes of at least 4 members (excludes halogenated alkanes) is 4. The van der Waals surface area contributed by atoms with E-state index in [1.807, 2.05) is 46.8 Å². The fourth-order valence-electron chi connectivity index (χ4n) is 3.45. The summed E-state index contributed by atoms with van der Waals surface area (Å²) in [5.74, 6) is -0.336. The molecule has 0 fully saturated rings. The fraction of sp³-hybridized carbons (Fsp3) is 0.655. The van der Waals surface area contributed by atoms with Crippen molar-refractivity contribution in [3.8, 4) is 0 Å². The molecule has 10 heteroatoms. The molecule has 0 bridgehead atoms. The van der Waals surface area contributed by atoms with Crippen molar-refractivity contribution in [1.29, 1.82) is 0 Å². The normalized spacial score (nSPS) is 13.5. The van der Waals surface area contributed by atoms with E-state index in [0.29, 0.717) is 30.7 Å². The molecule has 0 unspecified atom stereocenters. The molecule has 0 aliphatic carbocycles. The Balaban J connectivity index is 4.85. The second-order valence-corrected chi connectivity index (χ2v) is 10.6. The Hall–Kier alpha value is -2.75. The molecule has 0 aromatic rings. The summed E-state index contributed by atoms with van der Waals surface area (Å²) in [6.45, 7) is 11.7. The second kappa shape index (κ2) is 23.2. The van der Waals surface area contributed by atoms with Crippen LogP contribution in [0.1, 0.15) is 92.9 Å². The molecule has 0 spiro atoms. The summed E-state index contributed by atoms with van der Waals surface area (Å²) < 4.78 is 5.36. The predicted molar refractivity (Wildman–Crippen MR) is 161 cm³/mol. The van der Waals surface area contributed by atoms with Crippen molar-refractivity contribution in [2.45, 2.75) is 105 Å². The lowest BCUT2D eigenvalue weighted by atomic mass is 10.1. The number of esters is 1. The van der Waals surface area contributed by atoms with Gasteiger partial charge in [-0.05, 0) is 53.5 Å². The number of rotatable bonds is 21. The van der Waals surface area contributed by atoms with Gasteiger partial charge in [-0.1, -0.05) is 56.5 Å². The van der Waals surface area contributed by atoms with Crippen LogP contribution in [0.2, 0.25) is 0 Å². The molecule has 9 nitrogen and oxygen atoms in total. The number of hydrogen-bond donors (Lipinski definition) is 2. The monoisotopic (exact) mass is 564 g/mol. The zero-order valence-electron chi connectivity index (χ0n) is 24.6. The maximum absolute atomic E-state index is 12.6. The van der Waals surface area contributed by atoms with Crippen LogP contribution in [0.4, 0.5) is 0 Å². The Morgan fingerprint density at radius 3 is 2.41 bits per heavy atom. The van der Waals surface area contributed by atoms with Crippen molar-refractivity contribution in [2.75, 3.05) is 18.8 Å². The van der Waals surface area contributed by atoms with Crippen LogP contribution >= 0.6 is 11.8 Å². The number of hydrogen-bond acceptors (Lipinski definition) is 8. The minimum absolute atomic E-state index is 0.0786. The average Bonchev–Trinajstić information content (AvgIpc) is 2.88. The van der Waals surface area contributed by atoms with E-state index in [1.165, 1.54) is 31.0 Å². The van der Waals surface area contributed by atoms with Crippen molar-refractivity contribution in [2.24, 2.45) is 9.98 Å². The smallest absolute Gasteiger partial charge is 0.326 e. The van der Waals surface area contributed by atoms with E-state index in [-0.39, 0.29) is 36.6 Å². The molecule has 0 rings (SSSR count). The molecule has 220 valence electrons. The van der Waals surface area contributed by atoms with Gasteiger partial charge in [0.15, 0.2) is 5.12 Å². The largest absolute Gasteiger partial charge is 0.456 e. The van der Waals surface area contributed by atoms with Crippen molar-refractivity contribution in [3.05, 3.63) is 23.9 Å². The van der Waals surface area contributed by atoms with Crippen LogP contribution < -0.4 is 10.6 Å². The first-order valence-electron chi connectivity index (χ1n) is 13.8. The SMILES string of the molecule is C/C=C(\N=C(C)CNC(=O)C[C@@H](/C=C/CCSC(=O)CCCCCCC)OC(=O)CNC=O)C(C)=NC(C)C. The Morgan fingerprint density at radius 1 is 1.05 bits per heavy atom. The maximum atomic E-state index is 12.6. The molecular formula is C29H48N4O5S. The lowest BCUT2D eigenvalue weighted by Gasteiger charge is -2.15. The van der Waals surface area contributed by atoms with Crippen LogP contribution in [0.5, 0.6) is 0 Å². The summed E-state index contributed by atoms with van der Waals surface area (Å²) >= 11 is 1.30. The molecule has 0 radical (unpaired) electrons. The van der Waals surface area contributed by atoms with Gasteiger partial charge < -0.3 is 15.4 Å². The van der Waals surface area contributed by atoms with Gasteiger partial charge >= 0.3 is 5.97 Å². The van der Waals surface area contributed by atoms with Crippen LogP contribution in [-0.4, -0.2) is 65.8 Å². The van der Waals surface area contributed by atoms with Crippen LogP contribution in [0.3, 0.4) is 0 Å². The lowest BCUT2D eigenvalue weighted by molar-refractivity contribution is -0.147. The standard InChI is InChI=1S/C29H48N4O5S/c1-7-9-10-11-12-16-29(37)39-17-14-13-15-25(38-28(36)20-30-21-34)18-27(35)31-19-23(5)33-26(8-2)24(6)32-22(3)4/h8,13,15,21-22,25H,7,9-12,14,16-20H2,1-6H3,(H,30,34)(H,31,35)/b15-13+,26-8-,32-24?,33-23?/t25-/m1/s1. The second-order valence-electron chi connectivity index (χ2n) is 9.44. The van der Waals surface area contributed by atoms with Crippen LogP contribution in [0.25, 0.3) is 0 Å². The van der Waals surface area contributed by atoms with Gasteiger partial charge in [0.25, 0.3) is 0 Å². The van der Waals surface area contributed by atoms with Crippen molar-refractivity contribution in [1.82, 2.24) is 10.6 Å². The number of carbonyl (C=O) groups excluding carboxylic acids is 4. The first kappa shape index (κ1) is 36.2. The van der Waals surface area contributed by atoms with Gasteiger partial charge in [-0.2, -0.15) is 0 Å². The van der Waals surface area contributed by atoms with Gasteiger partial charge in [0.05, 0.1) is 24.4 Å². The Labute approximate surface area is 238 Å². The molecule has 39 heavy (non-hydrogen) atoms. The molecule has 1 atom stereocenters. The average molecular weight is 565 g/mol. The number of nitrogens with one attached hydrogen (secondary N) is 2. The van der Waals surface area contributed by atoms with Gasteiger partial charge in [-0.15, -0.1) is 0 Å². The molecule has 2 amide bonds. The Morgan fingerprint density at radius 2 is 1.77 bits per heavy atom. The highest BCUT2D eigenvalue weighted by atomic mass is 32.2. The van der Waals surface area contributed by atoms with Gasteiger partial charge in [-0.3, -0.25) is 29.2 Å². The molecule has 0 aliphatic heterocycles. The minimum Gasteiger partial charge on any atom is -0.456 e. The van der Waals surface area contributed by atoms with E-state index in [2.05, 4.69) is 27.5 Å². The number of nitrogens with zero attached hydrogens (tertiary/aromatic N) is 2. The number of amides is 2. The number of ether oxygens (including phenoxy) is 1.